The fourth-order valence-electron chi connectivity index (χ4n) is 2.98. The first-order valence-corrected chi connectivity index (χ1v) is 12.9. The number of hydrogen-bond acceptors (Lipinski definition) is 5. The van der Waals surface area contributed by atoms with Gasteiger partial charge in [0.15, 0.2) is 5.82 Å². The van der Waals surface area contributed by atoms with Gasteiger partial charge in [0.05, 0.1) is 5.69 Å². The minimum atomic E-state index is -4.54. The summed E-state index contributed by atoms with van der Waals surface area (Å²) < 4.78 is 40.5. The molecule has 2 aromatic carbocycles. The van der Waals surface area contributed by atoms with Gasteiger partial charge in [0.2, 0.25) is 0 Å². The third-order valence-corrected chi connectivity index (χ3v) is 4.95. The number of hydrogen-bond donors (Lipinski definition) is 3. The number of aryl methyl sites for hydroxylation is 2. The van der Waals surface area contributed by atoms with E-state index in [0.29, 0.717) is 5.69 Å². The summed E-state index contributed by atoms with van der Waals surface area (Å²) >= 11 is 0. The number of aliphatic hydroxyl groups excluding tert-OH is 1. The fraction of sp³-hybridized carbons (Fsp3) is 0.333. The van der Waals surface area contributed by atoms with E-state index < -0.39 is 18.5 Å². The lowest BCUT2D eigenvalue weighted by Gasteiger charge is -2.12. The van der Waals surface area contributed by atoms with Crippen LogP contribution in [0.1, 0.15) is 56.7 Å². The van der Waals surface area contributed by atoms with Gasteiger partial charge in [-0.1, -0.05) is 94.1 Å². The molecule has 39 heavy (non-hydrogen) atoms. The Morgan fingerprint density at radius 2 is 1.51 bits per heavy atom. The number of pyridine rings is 1. The zero-order valence-corrected chi connectivity index (χ0v) is 23.0. The highest BCUT2D eigenvalue weighted by atomic mass is 19.4. The summed E-state index contributed by atoms with van der Waals surface area (Å²) in [5, 5.41) is 18.5. The zero-order chi connectivity index (χ0) is 29.3. The van der Waals surface area contributed by atoms with Crippen LogP contribution < -0.4 is 5.73 Å². The first-order valence-electron chi connectivity index (χ1n) is 12.9. The third-order valence-electron chi connectivity index (χ3n) is 4.95. The normalized spacial score (nSPS) is 11.2. The average molecular weight is 545 g/mol. The number of aromatic nitrogens is 3. The Kier molecular flexibility index (Phi) is 15.2. The molecule has 1 saturated carbocycles. The van der Waals surface area contributed by atoms with Gasteiger partial charge in [-0.15, -0.1) is 0 Å². The van der Waals surface area contributed by atoms with E-state index in [9.17, 15) is 13.2 Å². The van der Waals surface area contributed by atoms with E-state index >= 15 is 0 Å². The number of aliphatic hydroxyl groups is 2. The van der Waals surface area contributed by atoms with Crippen molar-refractivity contribution >= 4 is 5.82 Å². The molecule has 6 nitrogen and oxygen atoms in total. The van der Waals surface area contributed by atoms with Crippen molar-refractivity contribution in [1.29, 1.82) is 0 Å². The van der Waals surface area contributed by atoms with Crippen LogP contribution in [-0.2, 0) is 12.6 Å². The van der Waals surface area contributed by atoms with E-state index in [0.717, 1.165) is 28.3 Å². The van der Waals surface area contributed by atoms with Crippen LogP contribution in [-0.4, -0.2) is 31.8 Å². The molecule has 0 radical (unpaired) electrons. The number of halogens is 3. The predicted octanol–water partition coefficient (Wildman–Crippen LogP) is 7.22. The number of rotatable bonds is 3. The Balaban J connectivity index is 0.000000413. The number of benzene rings is 2. The SMILES string of the molecule is C1CC1.CC.CCc1cccc(-c2cc(N)n(-c3ncccc3C(F)(F)F)n2)c1.Cc1ccccc1.OCO. The van der Waals surface area contributed by atoms with E-state index in [4.69, 9.17) is 15.9 Å². The Hall–Kier alpha value is -3.69. The minimum Gasteiger partial charge on any atom is -0.384 e. The Morgan fingerprint density at radius 1 is 0.897 bits per heavy atom. The Bertz CT molecular complexity index is 1210. The summed E-state index contributed by atoms with van der Waals surface area (Å²) in [6, 6.07) is 21.6. The molecule has 2 heterocycles. The van der Waals surface area contributed by atoms with Crippen LogP contribution >= 0.6 is 0 Å². The average Bonchev–Trinajstić information content (AvgIpc) is 3.78. The van der Waals surface area contributed by atoms with Crippen LogP contribution in [0.2, 0.25) is 0 Å². The van der Waals surface area contributed by atoms with Crippen molar-refractivity contribution in [3.63, 3.8) is 0 Å². The van der Waals surface area contributed by atoms with Crippen molar-refractivity contribution in [2.24, 2.45) is 0 Å². The smallest absolute Gasteiger partial charge is 0.384 e. The van der Waals surface area contributed by atoms with Crippen molar-refractivity contribution in [1.82, 2.24) is 14.8 Å². The molecule has 0 saturated heterocycles. The molecule has 9 heteroatoms. The summed E-state index contributed by atoms with van der Waals surface area (Å²) in [4.78, 5) is 3.82. The van der Waals surface area contributed by atoms with Gasteiger partial charge in [0.25, 0.3) is 0 Å². The Labute approximate surface area is 229 Å². The second kappa shape index (κ2) is 17.8. The second-order valence-electron chi connectivity index (χ2n) is 8.15. The number of anilines is 1. The van der Waals surface area contributed by atoms with Crippen molar-refractivity contribution in [2.45, 2.75) is 59.6 Å². The van der Waals surface area contributed by atoms with Gasteiger partial charge in [-0.3, -0.25) is 0 Å². The van der Waals surface area contributed by atoms with Gasteiger partial charge in [-0.2, -0.15) is 23.0 Å². The van der Waals surface area contributed by atoms with E-state index in [1.807, 2.05) is 63.2 Å². The van der Waals surface area contributed by atoms with Gasteiger partial charge in [0, 0.05) is 17.8 Å². The standard InChI is InChI=1S/C17H15F3N4.C7H8.C3H6.C2H6.CH4O2/c1-2-11-5-3-6-12(9-11)14-10-15(21)24(23-14)16-13(17(18,19)20)7-4-8-22-16;1-7-5-3-2-4-6-7;1-2-3-1;1-2;2-1-3/h3-10H,2,21H2,1H3;2-6H,1H3;1-3H2;1-2H3;2-3H,1H2. The number of alkyl halides is 3. The lowest BCUT2D eigenvalue weighted by Crippen LogP contribution is -2.14. The molecule has 0 atom stereocenters. The Morgan fingerprint density at radius 3 is 2.00 bits per heavy atom. The van der Waals surface area contributed by atoms with Crippen LogP contribution in [0.25, 0.3) is 17.1 Å². The molecule has 4 N–H and O–H groups in total. The summed E-state index contributed by atoms with van der Waals surface area (Å²) in [5.41, 5.74) is 8.73. The highest BCUT2D eigenvalue weighted by molar-refractivity contribution is 5.64. The maximum Gasteiger partial charge on any atom is 0.420 e. The maximum atomic E-state index is 13.2. The van der Waals surface area contributed by atoms with Crippen LogP contribution in [0.15, 0.2) is 79.0 Å². The molecule has 1 aliphatic carbocycles. The van der Waals surface area contributed by atoms with Crippen molar-refractivity contribution in [3.05, 3.63) is 95.7 Å². The monoisotopic (exact) mass is 544 g/mol. The molecule has 0 aliphatic heterocycles. The molecule has 0 unspecified atom stereocenters. The van der Waals surface area contributed by atoms with Crippen molar-refractivity contribution in [2.75, 3.05) is 12.5 Å². The first-order chi connectivity index (χ1) is 18.7. The van der Waals surface area contributed by atoms with E-state index in [1.165, 1.54) is 37.1 Å². The van der Waals surface area contributed by atoms with E-state index in [1.54, 1.807) is 6.07 Å². The van der Waals surface area contributed by atoms with Gasteiger partial charge >= 0.3 is 6.18 Å². The first kappa shape index (κ1) is 33.3. The van der Waals surface area contributed by atoms with Crippen LogP contribution in [0, 0.1) is 6.92 Å². The third kappa shape index (κ3) is 12.1. The lowest BCUT2D eigenvalue weighted by atomic mass is 10.1. The fourth-order valence-corrected chi connectivity index (χ4v) is 2.98. The number of nitrogens with two attached hydrogens (primary N) is 1. The molecular weight excluding hydrogens is 505 g/mol. The molecule has 0 amide bonds. The van der Waals surface area contributed by atoms with Crippen LogP contribution in [0.4, 0.5) is 19.0 Å². The van der Waals surface area contributed by atoms with Crippen LogP contribution in [0.5, 0.6) is 0 Å². The van der Waals surface area contributed by atoms with Crippen LogP contribution in [0.3, 0.4) is 0 Å². The minimum absolute atomic E-state index is 0.0936. The van der Waals surface area contributed by atoms with Gasteiger partial charge in [-0.25, -0.2) is 4.98 Å². The molecule has 1 fully saturated rings. The number of nitrogen functional groups attached to an aromatic ring is 1. The lowest BCUT2D eigenvalue weighted by molar-refractivity contribution is -0.137. The van der Waals surface area contributed by atoms with Crippen molar-refractivity contribution in [3.8, 4) is 17.1 Å². The topological polar surface area (TPSA) is 97.2 Å². The molecule has 0 spiro atoms. The summed E-state index contributed by atoms with van der Waals surface area (Å²) in [6.07, 6.45) is 2.09. The number of nitrogens with zero attached hydrogens (tertiary/aromatic N) is 3. The quantitative estimate of drug-likeness (QED) is 0.237. The zero-order valence-electron chi connectivity index (χ0n) is 23.0. The van der Waals surface area contributed by atoms with Gasteiger partial charge in [-0.05, 0) is 37.1 Å². The molecular formula is C30H39F3N4O2. The summed E-state index contributed by atoms with van der Waals surface area (Å²) in [6.45, 7) is 7.36. The molecule has 0 bridgehead atoms. The highest BCUT2D eigenvalue weighted by Crippen LogP contribution is 2.34. The predicted molar refractivity (Wildman–Crippen MR) is 151 cm³/mol. The van der Waals surface area contributed by atoms with E-state index in [-0.39, 0.29) is 11.6 Å². The summed E-state index contributed by atoms with van der Waals surface area (Å²) in [7, 11) is 0. The molecule has 1 aliphatic rings. The van der Waals surface area contributed by atoms with Gasteiger partial charge in [0.1, 0.15) is 18.2 Å². The van der Waals surface area contributed by atoms with Gasteiger partial charge < -0.3 is 15.9 Å². The molecule has 212 valence electrons. The molecule has 4 aromatic rings. The van der Waals surface area contributed by atoms with E-state index in [2.05, 4.69) is 29.1 Å². The second-order valence-corrected chi connectivity index (χ2v) is 8.15. The molecule has 5 rings (SSSR count). The summed E-state index contributed by atoms with van der Waals surface area (Å²) in [5.74, 6) is -0.239. The highest BCUT2D eigenvalue weighted by Gasteiger charge is 2.35. The molecule has 2 aromatic heterocycles. The van der Waals surface area contributed by atoms with Crippen molar-refractivity contribution < 1.29 is 23.4 Å². The maximum absolute atomic E-state index is 13.2. The largest absolute Gasteiger partial charge is 0.420 e.